The van der Waals surface area contributed by atoms with Gasteiger partial charge in [-0.15, -0.1) is 10.2 Å². The van der Waals surface area contributed by atoms with Crippen LogP contribution < -0.4 is 10.6 Å². The third-order valence-electron chi connectivity index (χ3n) is 3.53. The van der Waals surface area contributed by atoms with E-state index in [9.17, 15) is 13.6 Å². The first-order valence-electron chi connectivity index (χ1n) is 7.65. The van der Waals surface area contributed by atoms with Crippen molar-refractivity contribution in [2.45, 2.75) is 16.7 Å². The van der Waals surface area contributed by atoms with E-state index in [2.05, 4.69) is 14.9 Å². The molecule has 3 aromatic rings. The fourth-order valence-corrected chi connectivity index (χ4v) is 2.98. The standard InChI is InChI=1S/C17H14F2N4O3S/c18-16(19)26-12-5-1-11(2-6-12)15-21-22-17(23(15)20)27-13-7-3-10(4-8-13)14(25)9-24/h1-8,16,24H,9,20H2. The highest BCUT2D eigenvalue weighted by Gasteiger charge is 2.14. The maximum absolute atomic E-state index is 12.2. The lowest BCUT2D eigenvalue weighted by atomic mass is 10.1. The maximum atomic E-state index is 12.2. The number of hydrogen-bond donors (Lipinski definition) is 2. The summed E-state index contributed by atoms with van der Waals surface area (Å²) in [5, 5.41) is 17.3. The van der Waals surface area contributed by atoms with Gasteiger partial charge < -0.3 is 15.7 Å². The van der Waals surface area contributed by atoms with Crippen LogP contribution in [0.25, 0.3) is 11.4 Å². The number of ketones is 1. The largest absolute Gasteiger partial charge is 0.435 e. The molecule has 0 saturated carbocycles. The molecule has 0 spiro atoms. The molecule has 140 valence electrons. The molecule has 10 heteroatoms. The number of halogens is 2. The normalized spacial score (nSPS) is 11.0. The van der Waals surface area contributed by atoms with Crippen LogP contribution in [-0.2, 0) is 0 Å². The lowest BCUT2D eigenvalue weighted by molar-refractivity contribution is -0.0498. The van der Waals surface area contributed by atoms with Crippen LogP contribution in [0.4, 0.5) is 8.78 Å². The van der Waals surface area contributed by atoms with E-state index in [1.807, 2.05) is 0 Å². The van der Waals surface area contributed by atoms with Crippen molar-refractivity contribution in [3.63, 3.8) is 0 Å². The van der Waals surface area contributed by atoms with Gasteiger partial charge in [0.15, 0.2) is 11.6 Å². The zero-order valence-corrected chi connectivity index (χ0v) is 14.6. The van der Waals surface area contributed by atoms with E-state index in [-0.39, 0.29) is 11.5 Å². The summed E-state index contributed by atoms with van der Waals surface area (Å²) in [5.41, 5.74) is 0.991. The van der Waals surface area contributed by atoms with Gasteiger partial charge in [0, 0.05) is 16.0 Å². The van der Waals surface area contributed by atoms with Crippen LogP contribution >= 0.6 is 11.8 Å². The van der Waals surface area contributed by atoms with Crippen molar-refractivity contribution in [2.24, 2.45) is 0 Å². The number of aromatic nitrogens is 3. The number of carbonyl (C=O) groups excluding carboxylic acids is 1. The van der Waals surface area contributed by atoms with Crippen molar-refractivity contribution in [1.29, 1.82) is 0 Å². The molecular weight excluding hydrogens is 378 g/mol. The molecule has 0 aliphatic rings. The van der Waals surface area contributed by atoms with Gasteiger partial charge >= 0.3 is 6.61 Å². The average molecular weight is 392 g/mol. The van der Waals surface area contributed by atoms with Crippen LogP contribution in [0, 0.1) is 0 Å². The molecule has 27 heavy (non-hydrogen) atoms. The third kappa shape index (κ3) is 4.41. The summed E-state index contributed by atoms with van der Waals surface area (Å²) in [5.74, 6) is 6.05. The molecule has 0 fully saturated rings. The molecule has 3 rings (SSSR count). The monoisotopic (exact) mass is 392 g/mol. The molecule has 0 bridgehead atoms. The number of aliphatic hydroxyl groups is 1. The number of aliphatic hydroxyl groups excluding tert-OH is 1. The topological polar surface area (TPSA) is 103 Å². The Balaban J connectivity index is 1.76. The molecule has 0 radical (unpaired) electrons. The van der Waals surface area contributed by atoms with Gasteiger partial charge in [0.1, 0.15) is 12.4 Å². The van der Waals surface area contributed by atoms with E-state index in [1.165, 1.54) is 28.6 Å². The summed E-state index contributed by atoms with van der Waals surface area (Å²) in [7, 11) is 0. The Bertz CT molecular complexity index is 930. The average Bonchev–Trinajstić information content (AvgIpc) is 3.02. The van der Waals surface area contributed by atoms with E-state index in [1.54, 1.807) is 36.4 Å². The van der Waals surface area contributed by atoms with Crippen LogP contribution in [-0.4, -0.2) is 39.0 Å². The fourth-order valence-electron chi connectivity index (χ4n) is 2.23. The molecule has 2 aromatic carbocycles. The summed E-state index contributed by atoms with van der Waals surface area (Å²) in [6.45, 7) is -3.44. The molecule has 0 aliphatic carbocycles. The minimum absolute atomic E-state index is 0.0314. The summed E-state index contributed by atoms with van der Waals surface area (Å²) < 4.78 is 30.0. The summed E-state index contributed by atoms with van der Waals surface area (Å²) in [4.78, 5) is 12.2. The highest BCUT2D eigenvalue weighted by atomic mass is 32.2. The Kier molecular flexibility index (Phi) is 5.67. The zero-order valence-electron chi connectivity index (χ0n) is 13.8. The van der Waals surface area contributed by atoms with Gasteiger partial charge in [0.2, 0.25) is 5.16 Å². The van der Waals surface area contributed by atoms with Crippen molar-refractivity contribution >= 4 is 17.5 Å². The first-order chi connectivity index (χ1) is 13.0. The molecule has 1 aromatic heterocycles. The number of nitrogen functional groups attached to an aromatic ring is 1. The predicted molar refractivity (Wildman–Crippen MR) is 94.2 cm³/mol. The highest BCUT2D eigenvalue weighted by Crippen LogP contribution is 2.29. The van der Waals surface area contributed by atoms with Crippen LogP contribution in [0.2, 0.25) is 0 Å². The summed E-state index contributed by atoms with van der Waals surface area (Å²) in [6.07, 6.45) is 0. The number of nitrogens with two attached hydrogens (primary N) is 1. The smallest absolute Gasteiger partial charge is 0.387 e. The number of nitrogens with zero attached hydrogens (tertiary/aromatic N) is 3. The number of benzene rings is 2. The Hall–Kier alpha value is -2.98. The highest BCUT2D eigenvalue weighted by molar-refractivity contribution is 7.99. The quantitative estimate of drug-likeness (QED) is 0.470. The minimum atomic E-state index is -2.89. The number of carbonyl (C=O) groups is 1. The van der Waals surface area contributed by atoms with Crippen molar-refractivity contribution in [3.8, 4) is 17.1 Å². The lowest BCUT2D eigenvalue weighted by Crippen LogP contribution is -2.11. The fraction of sp³-hybridized carbons (Fsp3) is 0.118. The van der Waals surface area contributed by atoms with E-state index in [4.69, 9.17) is 10.9 Å². The molecule has 0 amide bonds. The van der Waals surface area contributed by atoms with Gasteiger partial charge in [0.05, 0.1) is 0 Å². The van der Waals surface area contributed by atoms with Crippen molar-refractivity contribution in [2.75, 3.05) is 12.4 Å². The van der Waals surface area contributed by atoms with E-state index < -0.39 is 13.2 Å². The van der Waals surface area contributed by atoms with Crippen molar-refractivity contribution < 1.29 is 23.4 Å². The van der Waals surface area contributed by atoms with Crippen LogP contribution in [0.1, 0.15) is 10.4 Å². The number of hydrogen-bond acceptors (Lipinski definition) is 7. The van der Waals surface area contributed by atoms with Gasteiger partial charge in [-0.05, 0) is 48.2 Å². The summed E-state index contributed by atoms with van der Waals surface area (Å²) in [6, 6.07) is 12.5. The second kappa shape index (κ2) is 8.14. The van der Waals surface area contributed by atoms with Gasteiger partial charge in [-0.25, -0.2) is 4.68 Å². The Morgan fingerprint density at radius 3 is 2.41 bits per heavy atom. The maximum Gasteiger partial charge on any atom is 0.387 e. The minimum Gasteiger partial charge on any atom is -0.435 e. The SMILES string of the molecule is Nn1c(Sc2ccc(C(=O)CO)cc2)nnc1-c1ccc(OC(F)F)cc1. The molecule has 1 heterocycles. The molecule has 7 nitrogen and oxygen atoms in total. The van der Waals surface area contributed by atoms with Gasteiger partial charge in [-0.2, -0.15) is 8.78 Å². The first kappa shape index (κ1) is 18.8. The van der Waals surface area contributed by atoms with Gasteiger partial charge in [-0.3, -0.25) is 4.79 Å². The van der Waals surface area contributed by atoms with Crippen molar-refractivity contribution in [1.82, 2.24) is 14.9 Å². The van der Waals surface area contributed by atoms with Gasteiger partial charge in [-0.1, -0.05) is 12.1 Å². The number of rotatable bonds is 7. The van der Waals surface area contributed by atoms with E-state index in [0.717, 1.165) is 4.90 Å². The van der Waals surface area contributed by atoms with E-state index >= 15 is 0 Å². The number of alkyl halides is 2. The first-order valence-corrected chi connectivity index (χ1v) is 8.47. The molecule has 0 atom stereocenters. The van der Waals surface area contributed by atoms with Crippen LogP contribution in [0.5, 0.6) is 5.75 Å². The van der Waals surface area contributed by atoms with Crippen molar-refractivity contribution in [3.05, 3.63) is 54.1 Å². The Morgan fingerprint density at radius 1 is 1.15 bits per heavy atom. The second-order valence-corrected chi connectivity index (χ2v) is 6.33. The third-order valence-corrected chi connectivity index (χ3v) is 4.50. The molecule has 0 unspecified atom stereocenters. The van der Waals surface area contributed by atoms with E-state index in [0.29, 0.717) is 22.1 Å². The number of Topliss-reactive ketones (excluding diaryl/α,β-unsaturated/α-hetero) is 1. The molecule has 0 saturated heterocycles. The lowest BCUT2D eigenvalue weighted by Gasteiger charge is -2.06. The Morgan fingerprint density at radius 2 is 1.81 bits per heavy atom. The predicted octanol–water partition coefficient (Wildman–Crippen LogP) is 2.59. The Labute approximate surface area is 156 Å². The molecule has 0 aliphatic heterocycles. The second-order valence-electron chi connectivity index (χ2n) is 5.29. The van der Waals surface area contributed by atoms with Gasteiger partial charge in [0.25, 0.3) is 0 Å². The number of ether oxygens (including phenoxy) is 1. The molecule has 3 N–H and O–H groups in total. The molecular formula is C17H14F2N4O3S. The zero-order chi connectivity index (χ0) is 19.4. The van der Waals surface area contributed by atoms with Crippen LogP contribution in [0.3, 0.4) is 0 Å². The summed E-state index contributed by atoms with van der Waals surface area (Å²) >= 11 is 1.24. The van der Waals surface area contributed by atoms with Crippen LogP contribution in [0.15, 0.2) is 58.6 Å².